The minimum Gasteiger partial charge on any atom is -0.481 e. The third kappa shape index (κ3) is 2.77. The van der Waals surface area contributed by atoms with Crippen molar-refractivity contribution in [2.75, 3.05) is 12.4 Å². The van der Waals surface area contributed by atoms with Gasteiger partial charge in [0.05, 0.1) is 13.2 Å². The monoisotopic (exact) mass is 247 g/mol. The van der Waals surface area contributed by atoms with Gasteiger partial charge in [-0.05, 0) is 19.9 Å². The highest BCUT2D eigenvalue weighted by molar-refractivity contribution is 5.28. The largest absolute Gasteiger partial charge is 0.481 e. The van der Waals surface area contributed by atoms with Crippen molar-refractivity contribution in [2.24, 2.45) is 0 Å². The number of rotatable bonds is 5. The van der Waals surface area contributed by atoms with Crippen molar-refractivity contribution in [3.63, 3.8) is 0 Å². The summed E-state index contributed by atoms with van der Waals surface area (Å²) in [6.07, 6.45) is 5.38. The lowest BCUT2D eigenvalue weighted by Crippen LogP contribution is -2.27. The molecular formula is C12H17N5O. The number of nitrogens with zero attached hydrogens (tertiary/aromatic N) is 4. The van der Waals surface area contributed by atoms with Crippen LogP contribution in [-0.4, -0.2) is 32.9 Å². The highest BCUT2D eigenvalue weighted by Gasteiger charge is 2.15. The minimum absolute atomic E-state index is 0.150. The van der Waals surface area contributed by atoms with Crippen LogP contribution in [0.5, 0.6) is 5.88 Å². The number of anilines is 1. The molecule has 2 atom stereocenters. The Morgan fingerprint density at radius 3 is 2.83 bits per heavy atom. The second-order valence-corrected chi connectivity index (χ2v) is 4.08. The molecule has 96 valence electrons. The molecule has 2 aromatic heterocycles. The normalized spacial score (nSPS) is 13.9. The van der Waals surface area contributed by atoms with E-state index >= 15 is 0 Å². The summed E-state index contributed by atoms with van der Waals surface area (Å²) in [5.74, 6) is 1.10. The Labute approximate surface area is 106 Å². The molecule has 0 aliphatic heterocycles. The fourth-order valence-corrected chi connectivity index (χ4v) is 1.60. The van der Waals surface area contributed by atoms with Gasteiger partial charge in [-0.3, -0.25) is 4.68 Å². The molecule has 0 spiro atoms. The maximum absolute atomic E-state index is 5.06. The van der Waals surface area contributed by atoms with Gasteiger partial charge >= 0.3 is 0 Å². The number of hydrogen-bond acceptors (Lipinski definition) is 5. The van der Waals surface area contributed by atoms with Crippen LogP contribution in [0.1, 0.15) is 19.9 Å². The van der Waals surface area contributed by atoms with Crippen LogP contribution in [0.2, 0.25) is 0 Å². The van der Waals surface area contributed by atoms with E-state index in [9.17, 15) is 0 Å². The molecule has 0 fully saturated rings. The number of hydrogen-bond donors (Lipinski definition) is 1. The number of methoxy groups -OCH3 is 1. The molecular weight excluding hydrogens is 230 g/mol. The molecule has 0 aliphatic carbocycles. The van der Waals surface area contributed by atoms with Gasteiger partial charge in [-0.1, -0.05) is 0 Å². The Kier molecular flexibility index (Phi) is 3.76. The van der Waals surface area contributed by atoms with Crippen molar-refractivity contribution < 1.29 is 4.74 Å². The van der Waals surface area contributed by atoms with Gasteiger partial charge in [-0.2, -0.15) is 10.1 Å². The Morgan fingerprint density at radius 1 is 1.33 bits per heavy atom. The van der Waals surface area contributed by atoms with Crippen molar-refractivity contribution in [1.29, 1.82) is 0 Å². The molecule has 0 aliphatic rings. The third-order valence-electron chi connectivity index (χ3n) is 2.86. The Bertz CT molecular complexity index is 485. The van der Waals surface area contributed by atoms with E-state index in [1.54, 1.807) is 25.6 Å². The van der Waals surface area contributed by atoms with E-state index in [-0.39, 0.29) is 12.1 Å². The van der Waals surface area contributed by atoms with Crippen LogP contribution in [-0.2, 0) is 0 Å². The van der Waals surface area contributed by atoms with E-state index < -0.39 is 0 Å². The zero-order valence-electron chi connectivity index (χ0n) is 10.7. The van der Waals surface area contributed by atoms with Crippen molar-refractivity contribution in [2.45, 2.75) is 25.9 Å². The first-order chi connectivity index (χ1) is 8.70. The second kappa shape index (κ2) is 5.48. The highest BCUT2D eigenvalue weighted by Crippen LogP contribution is 2.14. The lowest BCUT2D eigenvalue weighted by Gasteiger charge is -2.21. The van der Waals surface area contributed by atoms with Crippen LogP contribution < -0.4 is 10.1 Å². The lowest BCUT2D eigenvalue weighted by molar-refractivity contribution is 0.396. The summed E-state index contributed by atoms with van der Waals surface area (Å²) in [6, 6.07) is 3.98. The quantitative estimate of drug-likeness (QED) is 0.871. The topological polar surface area (TPSA) is 64.9 Å². The van der Waals surface area contributed by atoms with Gasteiger partial charge in [0.2, 0.25) is 11.8 Å². The predicted octanol–water partition coefficient (Wildman–Crippen LogP) is 1.74. The Balaban J connectivity index is 2.04. The Morgan fingerprint density at radius 2 is 2.17 bits per heavy atom. The van der Waals surface area contributed by atoms with Crippen LogP contribution in [0.25, 0.3) is 0 Å². The van der Waals surface area contributed by atoms with E-state index in [0.717, 1.165) is 0 Å². The maximum Gasteiger partial charge on any atom is 0.226 e. The zero-order valence-corrected chi connectivity index (χ0v) is 10.7. The van der Waals surface area contributed by atoms with Crippen LogP contribution in [0, 0.1) is 0 Å². The number of ether oxygens (including phenoxy) is 1. The van der Waals surface area contributed by atoms with Gasteiger partial charge in [0.15, 0.2) is 0 Å². The zero-order chi connectivity index (χ0) is 13.0. The van der Waals surface area contributed by atoms with E-state index in [4.69, 9.17) is 4.74 Å². The summed E-state index contributed by atoms with van der Waals surface area (Å²) in [5.41, 5.74) is 0. The maximum atomic E-state index is 5.06. The summed E-state index contributed by atoms with van der Waals surface area (Å²) in [7, 11) is 1.59. The standard InChI is InChI=1S/C12H17N5O/c1-9(10(2)17-8-4-6-14-17)15-12-13-7-5-11(16-12)18-3/h4-10H,1-3H3,(H,13,15,16)/t9-,10+/m0/s1. The van der Waals surface area contributed by atoms with Crippen LogP contribution in [0.4, 0.5) is 5.95 Å². The van der Waals surface area contributed by atoms with Crippen molar-refractivity contribution in [3.8, 4) is 5.88 Å². The first-order valence-corrected chi connectivity index (χ1v) is 5.83. The third-order valence-corrected chi connectivity index (χ3v) is 2.86. The van der Waals surface area contributed by atoms with E-state index in [2.05, 4.69) is 34.2 Å². The van der Waals surface area contributed by atoms with Gasteiger partial charge in [0.1, 0.15) is 0 Å². The molecule has 0 amide bonds. The molecule has 2 rings (SSSR count). The van der Waals surface area contributed by atoms with Crippen molar-refractivity contribution in [1.82, 2.24) is 19.7 Å². The average Bonchev–Trinajstić information content (AvgIpc) is 2.92. The summed E-state index contributed by atoms with van der Waals surface area (Å²) < 4.78 is 6.96. The minimum atomic E-state index is 0.150. The highest BCUT2D eigenvalue weighted by atomic mass is 16.5. The molecule has 6 heteroatoms. The molecule has 0 bridgehead atoms. The molecule has 2 aromatic rings. The van der Waals surface area contributed by atoms with Crippen LogP contribution in [0.3, 0.4) is 0 Å². The van der Waals surface area contributed by atoms with Gasteiger partial charge in [-0.15, -0.1) is 0 Å². The van der Waals surface area contributed by atoms with Gasteiger partial charge in [-0.25, -0.2) is 4.98 Å². The summed E-state index contributed by atoms with van der Waals surface area (Å²) in [5, 5.41) is 7.47. The summed E-state index contributed by atoms with van der Waals surface area (Å²) in [6.45, 7) is 4.15. The molecule has 1 N–H and O–H groups in total. The average molecular weight is 247 g/mol. The SMILES string of the molecule is COc1ccnc(N[C@@H](C)[C@@H](C)n2cccn2)n1. The van der Waals surface area contributed by atoms with E-state index in [1.165, 1.54) is 0 Å². The van der Waals surface area contributed by atoms with Crippen molar-refractivity contribution in [3.05, 3.63) is 30.7 Å². The predicted molar refractivity (Wildman–Crippen MR) is 68.6 cm³/mol. The van der Waals surface area contributed by atoms with Gasteiger partial charge < -0.3 is 10.1 Å². The molecule has 0 saturated heterocycles. The van der Waals surface area contributed by atoms with E-state index in [1.807, 2.05) is 16.9 Å². The van der Waals surface area contributed by atoms with Crippen LogP contribution >= 0.6 is 0 Å². The fourth-order valence-electron chi connectivity index (χ4n) is 1.60. The van der Waals surface area contributed by atoms with Gasteiger partial charge in [0, 0.05) is 30.7 Å². The fraction of sp³-hybridized carbons (Fsp3) is 0.417. The van der Waals surface area contributed by atoms with E-state index in [0.29, 0.717) is 11.8 Å². The number of aromatic nitrogens is 4. The molecule has 2 heterocycles. The first-order valence-electron chi connectivity index (χ1n) is 5.83. The summed E-state index contributed by atoms with van der Waals surface area (Å²) in [4.78, 5) is 8.38. The number of nitrogens with one attached hydrogen (secondary N) is 1. The molecule has 0 radical (unpaired) electrons. The molecule has 0 unspecified atom stereocenters. The molecule has 6 nitrogen and oxygen atoms in total. The smallest absolute Gasteiger partial charge is 0.226 e. The summed E-state index contributed by atoms with van der Waals surface area (Å²) >= 11 is 0. The molecule has 0 aromatic carbocycles. The lowest BCUT2D eigenvalue weighted by atomic mass is 10.2. The van der Waals surface area contributed by atoms with Crippen LogP contribution in [0.15, 0.2) is 30.7 Å². The molecule has 0 saturated carbocycles. The first kappa shape index (κ1) is 12.3. The Hall–Kier alpha value is -2.11. The second-order valence-electron chi connectivity index (χ2n) is 4.08. The van der Waals surface area contributed by atoms with Gasteiger partial charge in [0.25, 0.3) is 0 Å². The van der Waals surface area contributed by atoms with Crippen molar-refractivity contribution >= 4 is 5.95 Å². The molecule has 18 heavy (non-hydrogen) atoms.